The quantitative estimate of drug-likeness (QED) is 0.918. The van der Waals surface area contributed by atoms with Gasteiger partial charge in [-0.25, -0.2) is 4.39 Å². The Morgan fingerprint density at radius 1 is 1.12 bits per heavy atom. The summed E-state index contributed by atoms with van der Waals surface area (Å²) in [4.78, 5) is 26.1. The maximum atomic E-state index is 13.6. The Morgan fingerprint density at radius 2 is 1.83 bits per heavy atom. The third kappa shape index (κ3) is 3.30. The average molecular weight is 333 g/mol. The first-order valence-electron chi connectivity index (χ1n) is 8.76. The molecule has 130 valence electrons. The van der Waals surface area contributed by atoms with Crippen LogP contribution < -0.4 is 0 Å². The van der Waals surface area contributed by atoms with Gasteiger partial charge in [0.15, 0.2) is 0 Å². The Bertz CT molecular complexity index is 639. The van der Waals surface area contributed by atoms with Gasteiger partial charge in [-0.1, -0.05) is 25.0 Å². The Morgan fingerprint density at radius 3 is 2.46 bits per heavy atom. The van der Waals surface area contributed by atoms with Gasteiger partial charge in [-0.15, -0.1) is 0 Å². The van der Waals surface area contributed by atoms with E-state index in [-0.39, 0.29) is 30.2 Å². The highest BCUT2D eigenvalue weighted by Gasteiger charge is 2.38. The minimum Gasteiger partial charge on any atom is -0.481 e. The molecule has 1 saturated heterocycles. The summed E-state index contributed by atoms with van der Waals surface area (Å²) in [5, 5.41) is 9.35. The molecule has 4 nitrogen and oxygen atoms in total. The minimum absolute atomic E-state index is 0.0154. The number of benzene rings is 1. The summed E-state index contributed by atoms with van der Waals surface area (Å²) in [5.41, 5.74) is 1.46. The number of nitrogens with zero attached hydrogens (tertiary/aromatic N) is 1. The average Bonchev–Trinajstić information content (AvgIpc) is 3.10. The highest BCUT2D eigenvalue weighted by atomic mass is 19.1. The number of piperidine rings is 1. The smallest absolute Gasteiger partial charge is 0.308 e. The minimum atomic E-state index is -0.840. The number of halogens is 1. The van der Waals surface area contributed by atoms with Crippen molar-refractivity contribution < 1.29 is 19.1 Å². The van der Waals surface area contributed by atoms with Gasteiger partial charge in [0.2, 0.25) is 5.91 Å². The van der Waals surface area contributed by atoms with E-state index in [2.05, 4.69) is 0 Å². The predicted octanol–water partition coefficient (Wildman–Crippen LogP) is 3.69. The lowest BCUT2D eigenvalue weighted by molar-refractivity contribution is -0.149. The lowest BCUT2D eigenvalue weighted by atomic mass is 9.87. The van der Waals surface area contributed by atoms with Gasteiger partial charge in [0.25, 0.3) is 0 Å². The first-order chi connectivity index (χ1) is 11.5. The zero-order valence-electron chi connectivity index (χ0n) is 14.0. The zero-order chi connectivity index (χ0) is 17.3. The molecule has 1 heterocycles. The van der Waals surface area contributed by atoms with Gasteiger partial charge in [0.1, 0.15) is 5.82 Å². The Balaban J connectivity index is 1.88. The fourth-order valence-corrected chi connectivity index (χ4v) is 4.05. The van der Waals surface area contributed by atoms with E-state index >= 15 is 0 Å². The van der Waals surface area contributed by atoms with Crippen LogP contribution in [0.15, 0.2) is 18.2 Å². The molecule has 0 spiro atoms. The number of carbonyl (C=O) groups excluding carboxylic acids is 1. The van der Waals surface area contributed by atoms with Crippen molar-refractivity contribution in [2.24, 2.45) is 11.8 Å². The number of hydrogen-bond acceptors (Lipinski definition) is 2. The number of aryl methyl sites for hydroxylation is 1. The Hall–Kier alpha value is -1.91. The number of rotatable bonds is 3. The van der Waals surface area contributed by atoms with Crippen LogP contribution in [-0.4, -0.2) is 28.4 Å². The van der Waals surface area contributed by atoms with E-state index in [1.54, 1.807) is 24.0 Å². The highest BCUT2D eigenvalue weighted by molar-refractivity contribution is 5.81. The van der Waals surface area contributed by atoms with Crippen LogP contribution in [0.5, 0.6) is 0 Å². The summed E-state index contributed by atoms with van der Waals surface area (Å²) in [5.74, 6) is -1.51. The summed E-state index contributed by atoms with van der Waals surface area (Å²) in [6.45, 7) is 1.97. The summed E-state index contributed by atoms with van der Waals surface area (Å²) >= 11 is 0. The van der Waals surface area contributed by atoms with Gasteiger partial charge in [-0.3, -0.25) is 9.59 Å². The molecule has 0 radical (unpaired) electrons. The molecule has 5 heteroatoms. The fourth-order valence-electron chi connectivity index (χ4n) is 4.05. The van der Waals surface area contributed by atoms with Crippen LogP contribution >= 0.6 is 0 Å². The van der Waals surface area contributed by atoms with Crippen molar-refractivity contribution in [3.8, 4) is 0 Å². The van der Waals surface area contributed by atoms with Crippen molar-refractivity contribution in [2.75, 3.05) is 6.54 Å². The molecule has 1 aliphatic heterocycles. The number of aliphatic carboxylic acids is 1. The maximum Gasteiger partial charge on any atom is 0.308 e. The molecule has 0 bridgehead atoms. The molecule has 24 heavy (non-hydrogen) atoms. The van der Waals surface area contributed by atoms with Crippen molar-refractivity contribution in [1.82, 2.24) is 4.90 Å². The van der Waals surface area contributed by atoms with E-state index in [1.165, 1.54) is 6.07 Å². The second-order valence-corrected chi connectivity index (χ2v) is 7.11. The molecule has 1 amide bonds. The molecule has 2 aliphatic rings. The molecule has 1 saturated carbocycles. The largest absolute Gasteiger partial charge is 0.481 e. The van der Waals surface area contributed by atoms with E-state index in [4.69, 9.17) is 0 Å². The van der Waals surface area contributed by atoms with Crippen LogP contribution in [0, 0.1) is 24.6 Å². The van der Waals surface area contributed by atoms with E-state index < -0.39 is 11.9 Å². The zero-order valence-corrected chi connectivity index (χ0v) is 14.0. The summed E-state index contributed by atoms with van der Waals surface area (Å²) < 4.78 is 13.6. The second-order valence-electron chi connectivity index (χ2n) is 7.11. The number of likely N-dealkylation sites (tertiary alicyclic amines) is 1. The third-order valence-electron chi connectivity index (χ3n) is 5.49. The SMILES string of the molecule is Cc1cc([C@@H]2CC[C@H](C(=O)O)CN2C(=O)C2CCCC2)ccc1F. The van der Waals surface area contributed by atoms with Gasteiger partial charge in [-0.05, 0) is 49.8 Å². The van der Waals surface area contributed by atoms with E-state index in [1.807, 2.05) is 0 Å². The molecule has 1 N–H and O–H groups in total. The first kappa shape index (κ1) is 16.9. The van der Waals surface area contributed by atoms with Gasteiger partial charge in [0.05, 0.1) is 12.0 Å². The van der Waals surface area contributed by atoms with Gasteiger partial charge in [-0.2, -0.15) is 0 Å². The number of amides is 1. The summed E-state index contributed by atoms with van der Waals surface area (Å²) in [6, 6.07) is 4.80. The molecule has 1 aromatic rings. The van der Waals surface area contributed by atoms with Crippen LogP contribution in [0.3, 0.4) is 0 Å². The number of carboxylic acid groups (broad SMARTS) is 1. The number of hydrogen-bond donors (Lipinski definition) is 1. The lowest BCUT2D eigenvalue weighted by Crippen LogP contribution is -2.46. The number of carboxylic acids is 1. The van der Waals surface area contributed by atoms with Crippen LogP contribution in [0.1, 0.15) is 55.7 Å². The normalized spacial score (nSPS) is 25.0. The second kappa shape index (κ2) is 6.91. The van der Waals surface area contributed by atoms with E-state index in [0.717, 1.165) is 31.2 Å². The monoisotopic (exact) mass is 333 g/mol. The fraction of sp³-hybridized carbons (Fsp3) is 0.579. The van der Waals surface area contributed by atoms with E-state index in [0.29, 0.717) is 18.4 Å². The molecular weight excluding hydrogens is 309 g/mol. The number of carbonyl (C=O) groups is 2. The molecule has 3 rings (SSSR count). The third-order valence-corrected chi connectivity index (χ3v) is 5.49. The van der Waals surface area contributed by atoms with Crippen molar-refractivity contribution in [1.29, 1.82) is 0 Å². The summed E-state index contributed by atoms with van der Waals surface area (Å²) in [6.07, 6.45) is 5.07. The maximum absolute atomic E-state index is 13.6. The van der Waals surface area contributed by atoms with Crippen molar-refractivity contribution in [3.63, 3.8) is 0 Å². The predicted molar refractivity (Wildman–Crippen MR) is 87.9 cm³/mol. The van der Waals surface area contributed by atoms with Crippen molar-refractivity contribution in [2.45, 2.75) is 51.5 Å². The Kier molecular flexibility index (Phi) is 4.88. The van der Waals surface area contributed by atoms with E-state index in [9.17, 15) is 19.1 Å². The van der Waals surface area contributed by atoms with Crippen LogP contribution in [-0.2, 0) is 9.59 Å². The van der Waals surface area contributed by atoms with Crippen LogP contribution in [0.25, 0.3) is 0 Å². The molecule has 0 unspecified atom stereocenters. The van der Waals surface area contributed by atoms with Crippen LogP contribution in [0.4, 0.5) is 4.39 Å². The lowest BCUT2D eigenvalue weighted by Gasteiger charge is -2.40. The molecule has 0 aromatic heterocycles. The van der Waals surface area contributed by atoms with Crippen LogP contribution in [0.2, 0.25) is 0 Å². The molecule has 2 fully saturated rings. The first-order valence-corrected chi connectivity index (χ1v) is 8.76. The van der Waals surface area contributed by atoms with Crippen molar-refractivity contribution in [3.05, 3.63) is 35.1 Å². The van der Waals surface area contributed by atoms with Gasteiger partial charge in [0, 0.05) is 12.5 Å². The standard InChI is InChI=1S/C19H24FNO3/c1-12-10-14(6-8-16(12)20)17-9-7-15(19(23)24)11-21(17)18(22)13-4-2-3-5-13/h6,8,10,13,15,17H,2-5,7,9,11H2,1H3,(H,23,24)/t15-,17-/m0/s1. The topological polar surface area (TPSA) is 57.6 Å². The van der Waals surface area contributed by atoms with Crippen molar-refractivity contribution >= 4 is 11.9 Å². The Labute approximate surface area is 141 Å². The van der Waals surface area contributed by atoms with Gasteiger partial charge >= 0.3 is 5.97 Å². The molecule has 1 aliphatic carbocycles. The van der Waals surface area contributed by atoms with Gasteiger partial charge < -0.3 is 10.0 Å². The molecule has 2 atom stereocenters. The molecular formula is C19H24FNO3. The molecule has 1 aromatic carbocycles. The summed E-state index contributed by atoms with van der Waals surface area (Å²) in [7, 11) is 0. The highest BCUT2D eigenvalue weighted by Crippen LogP contribution is 2.37.